The lowest BCUT2D eigenvalue weighted by Gasteiger charge is -2.43. The van der Waals surface area contributed by atoms with Gasteiger partial charge in [-0.25, -0.2) is 9.59 Å². The van der Waals surface area contributed by atoms with Crippen LogP contribution in [0.3, 0.4) is 0 Å². The largest absolute Gasteiger partial charge is 0.460 e. The van der Waals surface area contributed by atoms with Gasteiger partial charge in [0.15, 0.2) is 11.6 Å². The molecule has 6 fully saturated rings. The fourth-order valence-electron chi connectivity index (χ4n) is 21.8. The monoisotopic (exact) mass is 2080 g/mol. The van der Waals surface area contributed by atoms with Crippen molar-refractivity contribution in [3.63, 3.8) is 0 Å². The van der Waals surface area contributed by atoms with E-state index in [2.05, 4.69) is 0 Å². The number of aliphatic hydroxyl groups is 6. The van der Waals surface area contributed by atoms with Crippen molar-refractivity contribution in [2.75, 3.05) is 108 Å². The number of allylic oxidation sites excluding steroid dienone is 12. The van der Waals surface area contributed by atoms with Crippen LogP contribution in [0, 0.1) is 71.0 Å². The number of cyclic esters (lactones) is 2. The summed E-state index contributed by atoms with van der Waals surface area (Å²) in [5.74, 6) is -16.2. The van der Waals surface area contributed by atoms with Gasteiger partial charge in [-0.2, -0.15) is 0 Å². The number of methoxy groups -OCH3 is 4. The number of aliphatic hydroxyl groups excluding tert-OH is 4. The molecule has 0 spiro atoms. The predicted octanol–water partition coefficient (Wildman–Crippen LogP) is 14.6. The van der Waals surface area contributed by atoms with E-state index in [1.807, 2.05) is 130 Å². The van der Waals surface area contributed by atoms with E-state index in [0.717, 1.165) is 36.8 Å². The molecule has 30 atom stereocenters. The second kappa shape index (κ2) is 65.6. The Kier molecular flexibility index (Phi) is 57.5. The van der Waals surface area contributed by atoms with E-state index < -0.39 is 156 Å². The lowest BCUT2D eigenvalue weighted by Crippen LogP contribution is -2.61. The van der Waals surface area contributed by atoms with Crippen molar-refractivity contribution in [2.24, 2.45) is 71.0 Å². The molecule has 8 aliphatic rings. The summed E-state index contributed by atoms with van der Waals surface area (Å²) >= 11 is 0. The molecule has 2 saturated carbocycles. The molecule has 6 N–H and O–H groups in total. The number of ketones is 6. The number of esters is 2. The third-order valence-electron chi connectivity index (χ3n) is 31.0. The number of carbonyl (C=O) groups excluding carboxylic acids is 10. The molecule has 836 valence electrons. The Labute approximate surface area is 876 Å². The SMILES string of the molecule is C.CCCOCCO[C@@H]1C[C@@H]2CC[C@@H](C)[C@@](O)(O2)C(=O)C(=O)N2CCCC[C@H]2C(=O)O[C@H]([C@H](C)C[C@@H]2CC[C@@H](OCCO)[C@H](OC)C2)CC(=O)[C@H](C)/C=C(\C)[C@@H](O)C(OC)C(=O)[C@H](C)C[C@H](C)/C=C/C=C/C=C/1C.CCCOCCO[C@H]1C[C@@H]2CC[C@@H](C)[C@@](O)(O2)C(=O)C(=O)N2CCCC[C@H]2C(=O)O[C@H]([C@H](C)C[C@@H]2CC[C@@H](OCCO)[C@H](OC)C2)CC(=O)[C@H](C)/C=C(\C)[C@@H](O)C(OC)C(=O)[C@H](C)C[C@H](C)/C=C/C=C/C=C/1C. The summed E-state index contributed by atoms with van der Waals surface area (Å²) in [7, 11) is 6.02. The molecule has 4 saturated heterocycles. The zero-order valence-electron chi connectivity index (χ0n) is 91.3. The Morgan fingerprint density at radius 1 is 0.422 bits per heavy atom. The zero-order chi connectivity index (χ0) is 108. The molecule has 8 rings (SSSR count). The van der Waals surface area contributed by atoms with E-state index in [9.17, 15) is 78.6 Å². The van der Waals surface area contributed by atoms with E-state index in [1.165, 1.54) is 24.0 Å². The first-order chi connectivity index (χ1) is 69.6. The van der Waals surface area contributed by atoms with Crippen LogP contribution in [0.5, 0.6) is 0 Å². The van der Waals surface area contributed by atoms with Crippen LogP contribution in [0.2, 0.25) is 0 Å². The maximum absolute atomic E-state index is 14.6. The van der Waals surface area contributed by atoms with E-state index in [0.29, 0.717) is 154 Å². The van der Waals surface area contributed by atoms with Crippen LogP contribution in [0.1, 0.15) is 285 Å². The number of fused-ring (bicyclic) bond motifs is 6. The number of piperidine rings is 2. The van der Waals surface area contributed by atoms with Gasteiger partial charge < -0.3 is 107 Å². The van der Waals surface area contributed by atoms with Crippen molar-refractivity contribution < 1.29 is 145 Å². The van der Waals surface area contributed by atoms with Crippen LogP contribution in [0.25, 0.3) is 0 Å². The first-order valence-corrected chi connectivity index (χ1v) is 54.3. The molecule has 32 heteroatoms. The number of Topliss-reactive ketones (excluding diaryl/α,β-unsaturated/α-hetero) is 6. The fourth-order valence-corrected chi connectivity index (χ4v) is 21.8. The smallest absolute Gasteiger partial charge is 0.329 e. The number of hydrogen-bond acceptors (Lipinski definition) is 30. The van der Waals surface area contributed by atoms with Crippen LogP contribution in [0.4, 0.5) is 0 Å². The molecule has 2 aliphatic carbocycles. The number of nitrogens with zero attached hydrogens (tertiary/aromatic N) is 2. The molecule has 4 bridgehead atoms. The van der Waals surface area contributed by atoms with Crippen LogP contribution in [0.15, 0.2) is 95.2 Å². The maximum atomic E-state index is 14.6. The average molecular weight is 2080 g/mol. The summed E-state index contributed by atoms with van der Waals surface area (Å²) in [6.45, 7) is 32.4. The summed E-state index contributed by atoms with van der Waals surface area (Å²) in [6.07, 6.45) is 25.3. The molecule has 6 heterocycles. The molecule has 2 amide bonds. The number of carbonyl (C=O) groups is 10. The minimum absolute atomic E-state index is 0. The lowest BCUT2D eigenvalue weighted by atomic mass is 9.78. The Balaban J connectivity index is 0.000000446. The molecule has 0 aromatic rings. The first-order valence-electron chi connectivity index (χ1n) is 54.3. The highest BCUT2D eigenvalue weighted by Crippen LogP contribution is 2.43. The molecule has 0 aromatic heterocycles. The van der Waals surface area contributed by atoms with Crippen LogP contribution < -0.4 is 0 Å². The van der Waals surface area contributed by atoms with E-state index in [-0.39, 0.29) is 169 Å². The highest BCUT2D eigenvalue weighted by atomic mass is 16.7. The van der Waals surface area contributed by atoms with Gasteiger partial charge >= 0.3 is 11.9 Å². The summed E-state index contributed by atoms with van der Waals surface area (Å²) in [5, 5.41) is 66.1. The number of amides is 2. The number of hydrogen-bond donors (Lipinski definition) is 6. The highest BCUT2D eigenvalue weighted by Gasteiger charge is 2.56. The Morgan fingerprint density at radius 2 is 0.796 bits per heavy atom. The van der Waals surface area contributed by atoms with Crippen molar-refractivity contribution in [3.8, 4) is 0 Å². The zero-order valence-corrected chi connectivity index (χ0v) is 91.3. The Hall–Kier alpha value is -6.90. The third-order valence-corrected chi connectivity index (χ3v) is 31.0. The number of ether oxygens (including phenoxy) is 14. The molecule has 6 aliphatic heterocycles. The van der Waals surface area contributed by atoms with Gasteiger partial charge in [0.2, 0.25) is 11.6 Å². The summed E-state index contributed by atoms with van der Waals surface area (Å²) in [6, 6.07) is -2.32. The van der Waals surface area contributed by atoms with Crippen LogP contribution in [-0.4, -0.2) is 316 Å². The van der Waals surface area contributed by atoms with Gasteiger partial charge in [-0.3, -0.25) is 38.4 Å². The average Bonchev–Trinajstić information content (AvgIpc) is 0.774. The van der Waals surface area contributed by atoms with Gasteiger partial charge in [-0.1, -0.05) is 163 Å². The summed E-state index contributed by atoms with van der Waals surface area (Å²) < 4.78 is 83.9. The van der Waals surface area contributed by atoms with Gasteiger partial charge in [-0.05, 0) is 227 Å². The summed E-state index contributed by atoms with van der Waals surface area (Å²) in [5.41, 5.74) is 2.50. The standard InChI is InChI=1S/2C57H91NO15.CH4/c2*1-11-26-69-28-29-71-48-34-44-22-20-42(8)57(66,73-44)54(63)55(64)58-24-16-15-19-45(58)56(65)72-49(39(5)32-43-21-23-47(70-27-25-59)50(33-43)67-9)35-46(60)38(4)31-41(7)52(62)53(68-10)51(61)40(6)30-36(2)17-13-12-14-18-37(48)3;/h2*12-14,17-18,31,36,38-40,42-45,47-50,52-53,59,62,66H,11,15-16,19-30,32-35H2,1-10H3;1H4/b2*14-12+,17-13+,37-18+,41-31+;/t36-,38-,39-,40-,42-,43+,44+,45+,47-,48+,49+,50-,52-,53?,57-;36-,38-,39-,40-,42-,43+,44+,45+,47-,48-,49+,50-,52-,53?,57-;/m11./s1. The first kappa shape index (κ1) is 129. The van der Waals surface area contributed by atoms with Crippen molar-refractivity contribution in [2.45, 2.75) is 394 Å². The molecule has 147 heavy (non-hydrogen) atoms. The third kappa shape index (κ3) is 38.9. The van der Waals surface area contributed by atoms with E-state index in [4.69, 9.17) is 66.3 Å². The minimum Gasteiger partial charge on any atom is -0.460 e. The van der Waals surface area contributed by atoms with Gasteiger partial charge in [-0.15, -0.1) is 0 Å². The van der Waals surface area contributed by atoms with Gasteiger partial charge in [0.05, 0.1) is 102 Å². The number of rotatable bonds is 28. The van der Waals surface area contributed by atoms with Gasteiger partial charge in [0.25, 0.3) is 23.4 Å². The summed E-state index contributed by atoms with van der Waals surface area (Å²) in [4.78, 5) is 145. The highest BCUT2D eigenvalue weighted by molar-refractivity contribution is 6.39. The van der Waals surface area contributed by atoms with Crippen molar-refractivity contribution >= 4 is 58.5 Å². The van der Waals surface area contributed by atoms with E-state index in [1.54, 1.807) is 67.9 Å². The molecule has 0 radical (unpaired) electrons. The molecule has 2 unspecified atom stereocenters. The van der Waals surface area contributed by atoms with Crippen molar-refractivity contribution in [1.29, 1.82) is 0 Å². The molecular formula is C115H186N2O30. The Morgan fingerprint density at radius 3 is 1.14 bits per heavy atom. The second-order valence-electron chi connectivity index (χ2n) is 42.8. The van der Waals surface area contributed by atoms with Crippen molar-refractivity contribution in [1.82, 2.24) is 9.80 Å². The predicted molar refractivity (Wildman–Crippen MR) is 559 cm³/mol. The normalized spacial score (nSPS) is 37.0. The minimum atomic E-state index is -2.46. The second-order valence-corrected chi connectivity index (χ2v) is 42.8. The van der Waals surface area contributed by atoms with Gasteiger partial charge in [0, 0.05) is 116 Å². The van der Waals surface area contributed by atoms with Crippen molar-refractivity contribution in [3.05, 3.63) is 95.2 Å². The van der Waals surface area contributed by atoms with Crippen LogP contribution in [-0.2, 0) is 114 Å². The van der Waals surface area contributed by atoms with Crippen LogP contribution >= 0.6 is 0 Å². The van der Waals surface area contributed by atoms with Gasteiger partial charge in [0.1, 0.15) is 60.3 Å². The molecule has 0 aromatic carbocycles. The quantitative estimate of drug-likeness (QED) is 0.0183. The Bertz CT molecular complexity index is 4060. The molecular weight excluding hydrogens is 1890 g/mol. The van der Waals surface area contributed by atoms with E-state index >= 15 is 0 Å². The lowest BCUT2D eigenvalue weighted by molar-refractivity contribution is -0.266. The maximum Gasteiger partial charge on any atom is 0.329 e. The topological polar surface area (TPSA) is 428 Å². The molecule has 32 nitrogen and oxygen atoms in total. The fraction of sp³-hybridized carbons (Fsp3) is 0.774.